The van der Waals surface area contributed by atoms with Crippen LogP contribution in [0.3, 0.4) is 0 Å². The van der Waals surface area contributed by atoms with E-state index >= 15 is 0 Å². The summed E-state index contributed by atoms with van der Waals surface area (Å²) >= 11 is 1.40. The molecule has 6 heterocycles. The SMILES string of the molecule is C=CC(=O)N(C)C[C@@H]1CCN1C(=O)N(C)[C@H](C(=O)N[C@H]1Cc2nc(cs2)-c2ccc3c(c2)c(c(-c2cccnc2[C@H](C)OC)n3C)CC(C)(C)COC[C@@]2(C=O)CCCN(N2)C1=O)C(C)C. The lowest BCUT2D eigenvalue weighted by Crippen LogP contribution is -2.67. The highest BCUT2D eigenvalue weighted by Gasteiger charge is 2.43. The van der Waals surface area contributed by atoms with Crippen LogP contribution in [-0.4, -0.2) is 142 Å². The van der Waals surface area contributed by atoms with Crippen molar-refractivity contribution in [2.45, 2.75) is 96.5 Å². The molecule has 0 aliphatic carbocycles. The summed E-state index contributed by atoms with van der Waals surface area (Å²) in [4.78, 5) is 83.0. The minimum Gasteiger partial charge on any atom is -0.378 e. The first-order valence-electron chi connectivity index (χ1n) is 22.8. The summed E-state index contributed by atoms with van der Waals surface area (Å²) in [5.41, 5.74) is 8.27. The third-order valence-corrected chi connectivity index (χ3v) is 14.3. The van der Waals surface area contributed by atoms with Gasteiger partial charge in [-0.05, 0) is 79.8 Å². The van der Waals surface area contributed by atoms with Gasteiger partial charge in [-0.15, -0.1) is 11.3 Å². The number of thiazole rings is 1. The summed E-state index contributed by atoms with van der Waals surface area (Å²) in [6.45, 7) is 15.1. The Morgan fingerprint density at radius 2 is 1.92 bits per heavy atom. The summed E-state index contributed by atoms with van der Waals surface area (Å²) in [5, 5.41) is 8.12. The molecule has 0 saturated carbocycles. The number of hydrogen-bond donors (Lipinski definition) is 2. The van der Waals surface area contributed by atoms with E-state index in [1.54, 1.807) is 32.3 Å². The number of nitrogens with zero attached hydrogens (tertiary/aromatic N) is 7. The van der Waals surface area contributed by atoms with Crippen LogP contribution in [0.4, 0.5) is 4.79 Å². The molecule has 7 rings (SSSR count). The van der Waals surface area contributed by atoms with Crippen LogP contribution in [0, 0.1) is 11.3 Å². The molecule has 5 atom stereocenters. The lowest BCUT2D eigenvalue weighted by Gasteiger charge is -2.45. The second-order valence-corrected chi connectivity index (χ2v) is 20.2. The van der Waals surface area contributed by atoms with Crippen LogP contribution < -0.4 is 10.7 Å². The van der Waals surface area contributed by atoms with Gasteiger partial charge in [0.05, 0.1) is 47.4 Å². The number of methoxy groups -OCH3 is 1. The molecule has 0 unspecified atom stereocenters. The number of likely N-dealkylation sites (tertiary alicyclic amines) is 1. The number of nitrogens with one attached hydrogen (secondary N) is 2. The number of aromatic nitrogens is 3. The Labute approximate surface area is 391 Å². The van der Waals surface area contributed by atoms with E-state index in [9.17, 15) is 24.0 Å². The van der Waals surface area contributed by atoms with Crippen LogP contribution >= 0.6 is 11.3 Å². The first-order chi connectivity index (χ1) is 31.4. The fraction of sp³-hybridized carbons (Fsp3) is 0.531. The van der Waals surface area contributed by atoms with E-state index in [1.165, 1.54) is 32.2 Å². The number of benzene rings is 1. The number of hydrazine groups is 1. The summed E-state index contributed by atoms with van der Waals surface area (Å²) in [5.74, 6) is -1.49. The Hall–Kier alpha value is -5.49. The summed E-state index contributed by atoms with van der Waals surface area (Å²) in [6.07, 6.45) is 6.00. The summed E-state index contributed by atoms with van der Waals surface area (Å²) < 4.78 is 14.5. The average Bonchev–Trinajstić information content (AvgIpc) is 3.87. The van der Waals surface area contributed by atoms with E-state index in [-0.39, 0.29) is 43.0 Å². The van der Waals surface area contributed by atoms with E-state index in [0.29, 0.717) is 50.5 Å². The molecular formula is C49H65N9O7S. The van der Waals surface area contributed by atoms with Crippen molar-refractivity contribution in [1.82, 2.24) is 45.0 Å². The Bertz CT molecular complexity index is 2480. The number of amides is 5. The van der Waals surface area contributed by atoms with E-state index < -0.39 is 34.9 Å². The van der Waals surface area contributed by atoms with E-state index in [2.05, 4.69) is 67.0 Å². The third kappa shape index (κ3) is 9.80. The van der Waals surface area contributed by atoms with Gasteiger partial charge in [0, 0.05) is 87.9 Å². The third-order valence-electron chi connectivity index (χ3n) is 13.4. The monoisotopic (exact) mass is 923 g/mol. The first kappa shape index (κ1) is 48.4. The maximum atomic E-state index is 14.8. The molecule has 0 radical (unpaired) electrons. The Morgan fingerprint density at radius 3 is 2.61 bits per heavy atom. The molecule has 66 heavy (non-hydrogen) atoms. The maximum Gasteiger partial charge on any atom is 0.320 e. The lowest BCUT2D eigenvalue weighted by atomic mass is 9.84. The van der Waals surface area contributed by atoms with Gasteiger partial charge in [-0.2, -0.15) is 0 Å². The molecule has 3 aromatic heterocycles. The normalized spacial score (nSPS) is 21.9. The molecule has 3 aliphatic heterocycles. The number of carbonyl (C=O) groups is 5. The lowest BCUT2D eigenvalue weighted by molar-refractivity contribution is -0.147. The fourth-order valence-electron chi connectivity index (χ4n) is 9.67. The number of likely N-dealkylation sites (N-methyl/N-ethyl adjacent to an activating group) is 2. The smallest absolute Gasteiger partial charge is 0.320 e. The van der Waals surface area contributed by atoms with Crippen molar-refractivity contribution >= 4 is 52.3 Å². The van der Waals surface area contributed by atoms with Gasteiger partial charge in [0.15, 0.2) is 0 Å². The average molecular weight is 924 g/mol. The van der Waals surface area contributed by atoms with E-state index in [0.717, 1.165) is 57.4 Å². The number of aryl methyl sites for hydroxylation is 1. The van der Waals surface area contributed by atoms with Crippen LogP contribution in [0.5, 0.6) is 0 Å². The number of rotatable bonds is 11. The molecule has 6 bridgehead atoms. The van der Waals surface area contributed by atoms with Crippen molar-refractivity contribution in [2.24, 2.45) is 18.4 Å². The van der Waals surface area contributed by atoms with Gasteiger partial charge in [-0.3, -0.25) is 24.4 Å². The molecule has 4 aromatic rings. The van der Waals surface area contributed by atoms with Gasteiger partial charge in [0.25, 0.3) is 5.91 Å². The van der Waals surface area contributed by atoms with E-state index in [1.807, 2.05) is 32.2 Å². The zero-order chi connectivity index (χ0) is 47.7. The standard InChI is InChI=1S/C49H65N9O7S/c1-11-41(60)54(7)25-33-17-21-57(33)47(63)56(9)43(30(2)3)45(61)52-37-23-40-51-38(26-66-40)32-15-16-39-35(22-32)36(44(55(39)8)34-14-12-19-50-42(34)31(4)64-10)24-48(5,6)28-65-29-49(27-59)18-13-20-58(53-49)46(37)62/h11-12,14-16,19,22,26-27,30-31,33,37,43,53H,1,13,17-18,20-21,23-25,28-29H2,2-10H3,(H,52,61)/t31-,33-,37-,43-,49-/m0/s1. The van der Waals surface area contributed by atoms with Gasteiger partial charge >= 0.3 is 6.03 Å². The van der Waals surface area contributed by atoms with Crippen LogP contribution in [0.25, 0.3) is 33.4 Å². The van der Waals surface area contributed by atoms with Crippen LogP contribution in [0.15, 0.2) is 54.6 Å². The predicted octanol–water partition coefficient (Wildman–Crippen LogP) is 5.56. The summed E-state index contributed by atoms with van der Waals surface area (Å²) in [6, 6.07) is 7.80. The van der Waals surface area contributed by atoms with Crippen molar-refractivity contribution in [3.63, 3.8) is 0 Å². The quantitative estimate of drug-likeness (QED) is 0.144. The van der Waals surface area contributed by atoms with Crippen molar-refractivity contribution in [3.05, 3.63) is 70.8 Å². The highest BCUT2D eigenvalue weighted by Crippen LogP contribution is 2.41. The minimum absolute atomic E-state index is 0.0264. The number of fused-ring (bicyclic) bond motifs is 6. The Balaban J connectivity index is 1.25. The molecule has 3 aliphatic rings. The van der Waals surface area contributed by atoms with Gasteiger partial charge in [0.2, 0.25) is 11.8 Å². The second-order valence-electron chi connectivity index (χ2n) is 19.3. The molecule has 16 nitrogen and oxygen atoms in total. The molecule has 0 spiro atoms. The van der Waals surface area contributed by atoms with Gasteiger partial charge in [0.1, 0.15) is 23.9 Å². The minimum atomic E-state index is -1.19. The molecule has 2 N–H and O–H groups in total. The second kappa shape index (κ2) is 19.8. The van der Waals surface area contributed by atoms with Crippen molar-refractivity contribution in [2.75, 3.05) is 54.1 Å². The Morgan fingerprint density at radius 1 is 1.15 bits per heavy atom. The number of hydrogen-bond acceptors (Lipinski definition) is 11. The largest absolute Gasteiger partial charge is 0.378 e. The van der Waals surface area contributed by atoms with Crippen LogP contribution in [-0.2, 0) is 48.5 Å². The van der Waals surface area contributed by atoms with Gasteiger partial charge in [-0.25, -0.2) is 15.2 Å². The molecule has 1 aromatic carbocycles. The fourth-order valence-corrected chi connectivity index (χ4v) is 10.5. The number of urea groups is 1. The highest BCUT2D eigenvalue weighted by molar-refractivity contribution is 7.10. The molecule has 5 amide bonds. The van der Waals surface area contributed by atoms with Crippen LogP contribution in [0.1, 0.15) is 76.3 Å². The number of pyridine rings is 1. The molecule has 17 heteroatoms. The number of aldehydes is 1. The highest BCUT2D eigenvalue weighted by atomic mass is 32.1. The van der Waals surface area contributed by atoms with Crippen molar-refractivity contribution < 1.29 is 33.4 Å². The zero-order valence-corrected chi connectivity index (χ0v) is 40.6. The van der Waals surface area contributed by atoms with E-state index in [4.69, 9.17) is 19.4 Å². The predicted molar refractivity (Wildman–Crippen MR) is 254 cm³/mol. The van der Waals surface area contributed by atoms with Gasteiger partial charge in [-0.1, -0.05) is 40.3 Å². The van der Waals surface area contributed by atoms with Crippen molar-refractivity contribution in [3.8, 4) is 22.5 Å². The number of ether oxygens (including phenoxy) is 2. The van der Waals surface area contributed by atoms with Crippen LogP contribution in [0.2, 0.25) is 0 Å². The Kier molecular flexibility index (Phi) is 14.5. The molecule has 2 saturated heterocycles. The first-order valence-corrected chi connectivity index (χ1v) is 23.7. The molecule has 354 valence electrons. The van der Waals surface area contributed by atoms with Crippen molar-refractivity contribution in [1.29, 1.82) is 0 Å². The number of carbonyl (C=O) groups excluding carboxylic acids is 5. The zero-order valence-electron chi connectivity index (χ0n) is 39.8. The topological polar surface area (TPSA) is 172 Å². The maximum absolute atomic E-state index is 14.8. The molecular weight excluding hydrogens is 859 g/mol. The molecule has 2 fully saturated rings. The van der Waals surface area contributed by atoms with Gasteiger partial charge < -0.3 is 38.9 Å². The summed E-state index contributed by atoms with van der Waals surface area (Å²) in [7, 11) is 7.02.